The van der Waals surface area contributed by atoms with E-state index in [9.17, 15) is 4.79 Å². The lowest BCUT2D eigenvalue weighted by molar-refractivity contribution is -0.118. The van der Waals surface area contributed by atoms with E-state index < -0.39 is 0 Å². The van der Waals surface area contributed by atoms with Crippen LogP contribution in [0.2, 0.25) is 0 Å². The fraction of sp³-hybridized carbons (Fsp3) is 0.0476. The Morgan fingerprint density at radius 2 is 1.93 bits per heavy atom. The Labute approximate surface area is 169 Å². The predicted octanol–water partition coefficient (Wildman–Crippen LogP) is 4.02. The van der Waals surface area contributed by atoms with Crippen molar-refractivity contribution >= 4 is 38.7 Å². The van der Waals surface area contributed by atoms with Crippen molar-refractivity contribution in [2.45, 2.75) is 0 Å². The Morgan fingerprint density at radius 1 is 1.07 bits per heavy atom. The molecule has 1 amide bonds. The molecule has 2 heterocycles. The lowest BCUT2D eigenvalue weighted by atomic mass is 10.1. The van der Waals surface area contributed by atoms with E-state index in [4.69, 9.17) is 4.74 Å². The van der Waals surface area contributed by atoms with E-state index in [-0.39, 0.29) is 12.5 Å². The smallest absolute Gasteiger partial charge is 0.262 e. The first-order valence-corrected chi connectivity index (χ1v) is 9.76. The van der Waals surface area contributed by atoms with Crippen molar-refractivity contribution in [2.24, 2.45) is 0 Å². The highest BCUT2D eigenvalue weighted by Crippen LogP contribution is 2.27. The van der Waals surface area contributed by atoms with Crippen LogP contribution in [-0.4, -0.2) is 32.3 Å². The highest BCUT2D eigenvalue weighted by Gasteiger charge is 2.10. The highest BCUT2D eigenvalue weighted by molar-refractivity contribution is 7.19. The Bertz CT molecular complexity index is 1290. The number of aromatic nitrogens is 4. The van der Waals surface area contributed by atoms with Gasteiger partial charge < -0.3 is 10.1 Å². The number of nitrogens with zero attached hydrogens (tertiary/aromatic N) is 4. The summed E-state index contributed by atoms with van der Waals surface area (Å²) in [5.41, 5.74) is 1.58. The van der Waals surface area contributed by atoms with Crippen LogP contribution < -0.4 is 10.1 Å². The van der Waals surface area contributed by atoms with Crippen molar-refractivity contribution in [3.8, 4) is 16.3 Å². The van der Waals surface area contributed by atoms with E-state index in [1.54, 1.807) is 10.8 Å². The molecule has 7 nitrogen and oxygen atoms in total. The maximum Gasteiger partial charge on any atom is 0.262 e. The molecule has 0 aliphatic carbocycles. The van der Waals surface area contributed by atoms with Crippen LogP contribution in [0.1, 0.15) is 0 Å². The Hall–Kier alpha value is -3.78. The summed E-state index contributed by atoms with van der Waals surface area (Å²) in [7, 11) is 0. The zero-order valence-corrected chi connectivity index (χ0v) is 16.0. The van der Waals surface area contributed by atoms with Crippen molar-refractivity contribution in [3.05, 3.63) is 73.1 Å². The van der Waals surface area contributed by atoms with Gasteiger partial charge in [0.15, 0.2) is 6.61 Å². The summed E-state index contributed by atoms with van der Waals surface area (Å²) in [6.07, 6.45) is 1.56. The van der Waals surface area contributed by atoms with Crippen LogP contribution in [0.15, 0.2) is 73.1 Å². The van der Waals surface area contributed by atoms with Gasteiger partial charge in [-0.2, -0.15) is 9.61 Å². The van der Waals surface area contributed by atoms with Crippen molar-refractivity contribution in [1.82, 2.24) is 19.8 Å². The number of ether oxygens (including phenoxy) is 1. The van der Waals surface area contributed by atoms with Gasteiger partial charge in [0.1, 0.15) is 17.1 Å². The Balaban J connectivity index is 1.29. The monoisotopic (exact) mass is 401 g/mol. The topological polar surface area (TPSA) is 81.4 Å². The number of anilines is 1. The highest BCUT2D eigenvalue weighted by atomic mass is 32.1. The number of carbonyl (C=O) groups excluding carboxylic acids is 1. The number of rotatable bonds is 5. The second kappa shape index (κ2) is 7.33. The van der Waals surface area contributed by atoms with Gasteiger partial charge >= 0.3 is 0 Å². The third-order valence-corrected chi connectivity index (χ3v) is 5.35. The SMILES string of the molecule is O=C(COc1cccc2ccccc12)Nc1cccc(-c2nn3cnnc3s2)c1. The summed E-state index contributed by atoms with van der Waals surface area (Å²) >= 11 is 1.43. The molecule has 29 heavy (non-hydrogen) atoms. The van der Waals surface area contributed by atoms with Gasteiger partial charge in [-0.05, 0) is 23.6 Å². The average Bonchev–Trinajstić information content (AvgIpc) is 3.35. The van der Waals surface area contributed by atoms with E-state index in [1.165, 1.54) is 11.3 Å². The first kappa shape index (κ1) is 17.3. The number of carbonyl (C=O) groups is 1. The molecule has 0 radical (unpaired) electrons. The van der Waals surface area contributed by atoms with Gasteiger partial charge in [0.25, 0.3) is 5.91 Å². The van der Waals surface area contributed by atoms with Crippen LogP contribution >= 0.6 is 11.3 Å². The molecular weight excluding hydrogens is 386 g/mol. The second-order valence-corrected chi connectivity index (χ2v) is 7.32. The minimum atomic E-state index is -0.228. The van der Waals surface area contributed by atoms with Crippen molar-refractivity contribution in [1.29, 1.82) is 0 Å². The molecule has 1 N–H and O–H groups in total. The largest absolute Gasteiger partial charge is 0.483 e. The molecule has 0 saturated carbocycles. The fourth-order valence-electron chi connectivity index (χ4n) is 3.07. The molecule has 0 aliphatic heterocycles. The molecule has 0 saturated heterocycles. The summed E-state index contributed by atoms with van der Waals surface area (Å²) in [5, 5.41) is 18.0. The van der Waals surface area contributed by atoms with Gasteiger partial charge in [-0.3, -0.25) is 4.79 Å². The summed E-state index contributed by atoms with van der Waals surface area (Å²) in [4.78, 5) is 13.1. The number of fused-ring (bicyclic) bond motifs is 2. The molecule has 142 valence electrons. The second-order valence-electron chi connectivity index (χ2n) is 6.36. The summed E-state index contributed by atoms with van der Waals surface area (Å²) in [6, 6.07) is 21.2. The van der Waals surface area contributed by atoms with Gasteiger partial charge in [-0.15, -0.1) is 10.2 Å². The number of benzene rings is 3. The molecule has 0 unspecified atom stereocenters. The molecule has 2 aromatic heterocycles. The first-order chi connectivity index (χ1) is 14.3. The third-order valence-electron chi connectivity index (χ3n) is 4.39. The number of hydrogen-bond acceptors (Lipinski definition) is 6. The van der Waals surface area contributed by atoms with Crippen LogP contribution in [0, 0.1) is 0 Å². The molecule has 5 aromatic rings. The minimum Gasteiger partial charge on any atom is -0.483 e. The minimum absolute atomic E-state index is 0.0744. The zero-order valence-electron chi connectivity index (χ0n) is 15.1. The molecular formula is C21H15N5O2S. The number of hydrogen-bond donors (Lipinski definition) is 1. The van der Waals surface area contributed by atoms with Crippen LogP contribution in [0.5, 0.6) is 5.75 Å². The van der Waals surface area contributed by atoms with Crippen molar-refractivity contribution in [3.63, 3.8) is 0 Å². The van der Waals surface area contributed by atoms with E-state index >= 15 is 0 Å². The number of nitrogens with one attached hydrogen (secondary N) is 1. The maximum absolute atomic E-state index is 12.4. The van der Waals surface area contributed by atoms with Crippen LogP contribution in [0.3, 0.4) is 0 Å². The molecule has 0 spiro atoms. The summed E-state index contributed by atoms with van der Waals surface area (Å²) in [6.45, 7) is -0.0744. The summed E-state index contributed by atoms with van der Waals surface area (Å²) in [5.74, 6) is 0.458. The third kappa shape index (κ3) is 3.53. The van der Waals surface area contributed by atoms with Crippen LogP contribution in [0.25, 0.3) is 26.3 Å². The predicted molar refractivity (Wildman–Crippen MR) is 112 cm³/mol. The average molecular weight is 401 g/mol. The Kier molecular flexibility index (Phi) is 4.38. The standard InChI is InChI=1S/C21H15N5O2S/c27-19(12-28-18-10-4-6-14-5-1-2-9-17(14)18)23-16-8-3-7-15(11-16)20-25-26-13-22-24-21(26)29-20/h1-11,13H,12H2,(H,23,27). The van der Waals surface area contributed by atoms with Crippen LogP contribution in [0.4, 0.5) is 5.69 Å². The van der Waals surface area contributed by atoms with Gasteiger partial charge in [-0.1, -0.05) is 59.9 Å². The van der Waals surface area contributed by atoms with Gasteiger partial charge in [-0.25, -0.2) is 0 Å². The lowest BCUT2D eigenvalue weighted by Gasteiger charge is -2.10. The Morgan fingerprint density at radius 3 is 2.86 bits per heavy atom. The summed E-state index contributed by atoms with van der Waals surface area (Å²) < 4.78 is 7.39. The van der Waals surface area contributed by atoms with Crippen molar-refractivity contribution in [2.75, 3.05) is 11.9 Å². The fourth-order valence-corrected chi connectivity index (χ4v) is 3.88. The lowest BCUT2D eigenvalue weighted by Crippen LogP contribution is -2.20. The molecule has 3 aromatic carbocycles. The first-order valence-electron chi connectivity index (χ1n) is 8.94. The van der Waals surface area contributed by atoms with E-state index in [0.717, 1.165) is 26.3 Å². The van der Waals surface area contributed by atoms with E-state index in [1.807, 2.05) is 66.7 Å². The van der Waals surface area contributed by atoms with Gasteiger partial charge in [0, 0.05) is 16.6 Å². The van der Waals surface area contributed by atoms with Gasteiger partial charge in [0.2, 0.25) is 4.96 Å². The van der Waals surface area contributed by atoms with Crippen LogP contribution in [-0.2, 0) is 4.79 Å². The molecule has 5 rings (SSSR count). The molecule has 8 heteroatoms. The van der Waals surface area contributed by atoms with E-state index in [0.29, 0.717) is 11.4 Å². The molecule has 0 aliphatic rings. The number of amides is 1. The quantitative estimate of drug-likeness (QED) is 0.481. The van der Waals surface area contributed by atoms with E-state index in [2.05, 4.69) is 20.6 Å². The zero-order chi connectivity index (χ0) is 19.6. The molecule has 0 atom stereocenters. The van der Waals surface area contributed by atoms with Gasteiger partial charge in [0.05, 0.1) is 0 Å². The molecule has 0 bridgehead atoms. The normalized spacial score (nSPS) is 11.0. The molecule has 0 fully saturated rings. The maximum atomic E-state index is 12.4. The van der Waals surface area contributed by atoms with Crippen molar-refractivity contribution < 1.29 is 9.53 Å².